The highest BCUT2D eigenvalue weighted by molar-refractivity contribution is 5.76. The van der Waals surface area contributed by atoms with Gasteiger partial charge in [-0.2, -0.15) is 0 Å². The molecule has 0 spiro atoms. The van der Waals surface area contributed by atoms with Crippen LogP contribution in [0.4, 0.5) is 0 Å². The van der Waals surface area contributed by atoms with E-state index in [1.807, 2.05) is 13.1 Å². The molecule has 1 heterocycles. The average molecular weight is 274 g/mol. The molecular weight excluding hydrogens is 256 g/mol. The van der Waals surface area contributed by atoms with E-state index in [0.717, 1.165) is 25.1 Å². The minimum Gasteiger partial charge on any atom is -0.493 e. The maximum Gasteiger partial charge on any atom is 0.161 e. The summed E-state index contributed by atoms with van der Waals surface area (Å²) in [5.41, 5.74) is 0.572. The number of ether oxygens (including phenoxy) is 2. The molecule has 0 N–H and O–H groups in total. The lowest BCUT2D eigenvalue weighted by molar-refractivity contribution is 0.112. The zero-order valence-electron chi connectivity index (χ0n) is 11.7. The molecule has 5 nitrogen and oxygen atoms in total. The molecule has 1 aromatic heterocycles. The predicted molar refractivity (Wildman–Crippen MR) is 75.5 cm³/mol. The third-order valence-corrected chi connectivity index (χ3v) is 3.05. The summed E-state index contributed by atoms with van der Waals surface area (Å²) in [4.78, 5) is 14.9. The number of rotatable bonds is 7. The van der Waals surface area contributed by atoms with Gasteiger partial charge < -0.3 is 14.0 Å². The Morgan fingerprint density at radius 1 is 1.35 bits per heavy atom. The molecule has 0 amide bonds. The SMILES string of the molecule is COc1cc(C=O)ccc1OCCCn1ccnc1C. The molecule has 2 rings (SSSR count). The van der Waals surface area contributed by atoms with E-state index in [1.165, 1.54) is 0 Å². The summed E-state index contributed by atoms with van der Waals surface area (Å²) in [5.74, 6) is 2.23. The van der Waals surface area contributed by atoms with Crippen molar-refractivity contribution in [3.63, 3.8) is 0 Å². The maximum atomic E-state index is 10.7. The summed E-state index contributed by atoms with van der Waals surface area (Å²) in [5, 5.41) is 0. The van der Waals surface area contributed by atoms with Gasteiger partial charge in [0.15, 0.2) is 11.5 Å². The van der Waals surface area contributed by atoms with E-state index in [9.17, 15) is 4.79 Å². The lowest BCUT2D eigenvalue weighted by atomic mass is 10.2. The van der Waals surface area contributed by atoms with Crippen molar-refractivity contribution in [2.75, 3.05) is 13.7 Å². The highest BCUT2D eigenvalue weighted by Gasteiger charge is 2.05. The summed E-state index contributed by atoms with van der Waals surface area (Å²) in [6.45, 7) is 3.41. The number of nitrogens with zero attached hydrogens (tertiary/aromatic N) is 2. The van der Waals surface area contributed by atoms with Gasteiger partial charge in [-0.1, -0.05) is 0 Å². The van der Waals surface area contributed by atoms with E-state index in [2.05, 4.69) is 9.55 Å². The van der Waals surface area contributed by atoms with Crippen molar-refractivity contribution in [1.29, 1.82) is 0 Å². The number of hydrogen-bond donors (Lipinski definition) is 0. The topological polar surface area (TPSA) is 53.4 Å². The van der Waals surface area contributed by atoms with Gasteiger partial charge in [0.05, 0.1) is 13.7 Å². The van der Waals surface area contributed by atoms with Gasteiger partial charge in [0, 0.05) is 24.5 Å². The first kappa shape index (κ1) is 14.1. The number of hydrogen-bond acceptors (Lipinski definition) is 4. The molecule has 0 saturated carbocycles. The Labute approximate surface area is 118 Å². The van der Waals surface area contributed by atoms with Crippen LogP contribution in [0.2, 0.25) is 0 Å². The first-order chi connectivity index (χ1) is 9.74. The number of carbonyl (C=O) groups excluding carboxylic acids is 1. The van der Waals surface area contributed by atoms with Crippen molar-refractivity contribution in [2.24, 2.45) is 0 Å². The predicted octanol–water partition coefficient (Wildman–Crippen LogP) is 2.48. The molecule has 106 valence electrons. The molecule has 0 bridgehead atoms. The van der Waals surface area contributed by atoms with Crippen LogP contribution in [0.1, 0.15) is 22.6 Å². The molecule has 20 heavy (non-hydrogen) atoms. The Kier molecular flexibility index (Phi) is 4.76. The standard InChI is InChI=1S/C15H18N2O3/c1-12-16-6-8-17(12)7-3-9-20-14-5-4-13(11-18)10-15(14)19-2/h4-6,8,10-11H,3,7,9H2,1-2H3. The summed E-state index contributed by atoms with van der Waals surface area (Å²) >= 11 is 0. The molecule has 0 aliphatic rings. The number of benzene rings is 1. The fourth-order valence-corrected chi connectivity index (χ4v) is 1.93. The van der Waals surface area contributed by atoms with Crippen LogP contribution >= 0.6 is 0 Å². The molecule has 2 aromatic rings. The van der Waals surface area contributed by atoms with E-state index in [-0.39, 0.29) is 0 Å². The number of aromatic nitrogens is 2. The molecular formula is C15H18N2O3. The van der Waals surface area contributed by atoms with Crippen LogP contribution in [-0.2, 0) is 6.54 Å². The van der Waals surface area contributed by atoms with Gasteiger partial charge in [0.1, 0.15) is 12.1 Å². The number of imidazole rings is 1. The minimum atomic E-state index is 0.572. The Morgan fingerprint density at radius 3 is 2.85 bits per heavy atom. The van der Waals surface area contributed by atoms with E-state index in [0.29, 0.717) is 23.7 Å². The van der Waals surface area contributed by atoms with Crippen LogP contribution in [0.5, 0.6) is 11.5 Å². The third-order valence-electron chi connectivity index (χ3n) is 3.05. The van der Waals surface area contributed by atoms with Crippen molar-refractivity contribution in [3.8, 4) is 11.5 Å². The van der Waals surface area contributed by atoms with Crippen LogP contribution in [0.15, 0.2) is 30.6 Å². The van der Waals surface area contributed by atoms with Gasteiger partial charge in [-0.25, -0.2) is 4.98 Å². The molecule has 0 atom stereocenters. The number of carbonyl (C=O) groups is 1. The Bertz CT molecular complexity index is 578. The van der Waals surface area contributed by atoms with Gasteiger partial charge in [-0.3, -0.25) is 4.79 Å². The lowest BCUT2D eigenvalue weighted by Gasteiger charge is -2.11. The summed E-state index contributed by atoms with van der Waals surface area (Å²) in [7, 11) is 1.56. The van der Waals surface area contributed by atoms with E-state index >= 15 is 0 Å². The van der Waals surface area contributed by atoms with E-state index in [1.54, 1.807) is 31.5 Å². The molecule has 1 aromatic carbocycles. The number of methoxy groups -OCH3 is 1. The van der Waals surface area contributed by atoms with Crippen LogP contribution in [0, 0.1) is 6.92 Å². The van der Waals surface area contributed by atoms with Crippen molar-refractivity contribution in [1.82, 2.24) is 9.55 Å². The monoisotopic (exact) mass is 274 g/mol. The first-order valence-electron chi connectivity index (χ1n) is 6.48. The van der Waals surface area contributed by atoms with Gasteiger partial charge >= 0.3 is 0 Å². The largest absolute Gasteiger partial charge is 0.493 e. The number of aryl methyl sites for hydroxylation is 2. The average Bonchev–Trinajstić information content (AvgIpc) is 2.89. The maximum absolute atomic E-state index is 10.7. The Morgan fingerprint density at radius 2 is 2.20 bits per heavy atom. The fraction of sp³-hybridized carbons (Fsp3) is 0.333. The van der Waals surface area contributed by atoms with Gasteiger partial charge in [0.2, 0.25) is 0 Å². The van der Waals surface area contributed by atoms with E-state index in [4.69, 9.17) is 9.47 Å². The van der Waals surface area contributed by atoms with Crippen molar-refractivity contribution in [2.45, 2.75) is 19.9 Å². The summed E-state index contributed by atoms with van der Waals surface area (Å²) in [6.07, 6.45) is 5.40. The fourth-order valence-electron chi connectivity index (χ4n) is 1.93. The van der Waals surface area contributed by atoms with Gasteiger partial charge in [-0.05, 0) is 31.5 Å². The van der Waals surface area contributed by atoms with E-state index < -0.39 is 0 Å². The second-order valence-corrected chi connectivity index (χ2v) is 4.40. The minimum absolute atomic E-state index is 0.572. The molecule has 0 fully saturated rings. The molecule has 0 aliphatic heterocycles. The molecule has 0 unspecified atom stereocenters. The van der Waals surface area contributed by atoms with Crippen LogP contribution in [0.25, 0.3) is 0 Å². The smallest absolute Gasteiger partial charge is 0.161 e. The van der Waals surface area contributed by atoms with Gasteiger partial charge in [-0.15, -0.1) is 0 Å². The summed E-state index contributed by atoms with van der Waals surface area (Å²) < 4.78 is 13.0. The van der Waals surface area contributed by atoms with Crippen LogP contribution in [0.3, 0.4) is 0 Å². The van der Waals surface area contributed by atoms with Crippen molar-refractivity contribution in [3.05, 3.63) is 42.0 Å². The zero-order chi connectivity index (χ0) is 14.4. The molecule has 0 aliphatic carbocycles. The summed E-state index contributed by atoms with van der Waals surface area (Å²) in [6, 6.07) is 5.14. The second kappa shape index (κ2) is 6.75. The van der Waals surface area contributed by atoms with Crippen LogP contribution < -0.4 is 9.47 Å². The molecule has 0 radical (unpaired) electrons. The Hall–Kier alpha value is -2.30. The zero-order valence-corrected chi connectivity index (χ0v) is 11.7. The lowest BCUT2D eigenvalue weighted by Crippen LogP contribution is -2.06. The van der Waals surface area contributed by atoms with Crippen molar-refractivity contribution < 1.29 is 14.3 Å². The highest BCUT2D eigenvalue weighted by atomic mass is 16.5. The van der Waals surface area contributed by atoms with Crippen LogP contribution in [-0.4, -0.2) is 29.6 Å². The van der Waals surface area contributed by atoms with Gasteiger partial charge in [0.25, 0.3) is 0 Å². The first-order valence-corrected chi connectivity index (χ1v) is 6.48. The second-order valence-electron chi connectivity index (χ2n) is 4.40. The van der Waals surface area contributed by atoms with Crippen molar-refractivity contribution >= 4 is 6.29 Å². The normalized spacial score (nSPS) is 10.3. The third kappa shape index (κ3) is 3.38. The number of aldehydes is 1. The quantitative estimate of drug-likeness (QED) is 0.575. The molecule has 5 heteroatoms. The molecule has 0 saturated heterocycles. The highest BCUT2D eigenvalue weighted by Crippen LogP contribution is 2.27. The Balaban J connectivity index is 1.87.